The van der Waals surface area contributed by atoms with Gasteiger partial charge in [-0.25, -0.2) is 0 Å². The second-order valence-corrected chi connectivity index (χ2v) is 8.01. The topological polar surface area (TPSA) is 17.1 Å². The zero-order valence-corrected chi connectivity index (χ0v) is 12.6. The van der Waals surface area contributed by atoms with Crippen LogP contribution in [0.4, 0.5) is 0 Å². The second kappa shape index (κ2) is 4.07. The van der Waals surface area contributed by atoms with Crippen molar-refractivity contribution in [2.75, 3.05) is 0 Å². The highest BCUT2D eigenvalue weighted by molar-refractivity contribution is 5.94. The van der Waals surface area contributed by atoms with Crippen LogP contribution in [0.25, 0.3) is 0 Å². The minimum Gasteiger partial charge on any atom is -0.295 e. The maximum absolute atomic E-state index is 12.1. The fraction of sp³-hybridized carbons (Fsp3) is 0.722. The number of allylic oxidation sites excluding steroid dienone is 3. The van der Waals surface area contributed by atoms with E-state index in [9.17, 15) is 4.79 Å². The van der Waals surface area contributed by atoms with E-state index in [1.807, 2.05) is 6.92 Å². The molecule has 2 saturated carbocycles. The molecule has 0 aromatic heterocycles. The third kappa shape index (κ3) is 2.02. The summed E-state index contributed by atoms with van der Waals surface area (Å²) in [5.74, 6) is 2.04. The van der Waals surface area contributed by atoms with E-state index in [1.165, 1.54) is 32.1 Å². The number of hydrogen-bond acceptors (Lipinski definition) is 1. The maximum Gasteiger partial charge on any atom is 0.158 e. The lowest BCUT2D eigenvalue weighted by molar-refractivity contribution is -0.120. The van der Waals surface area contributed by atoms with E-state index >= 15 is 0 Å². The average molecular weight is 258 g/mol. The predicted molar refractivity (Wildman–Crippen MR) is 78.8 cm³/mol. The zero-order chi connectivity index (χ0) is 13.8. The predicted octanol–water partition coefficient (Wildman–Crippen LogP) is 4.68. The summed E-state index contributed by atoms with van der Waals surface area (Å²) < 4.78 is 0. The quantitative estimate of drug-likeness (QED) is 0.528. The fourth-order valence-electron chi connectivity index (χ4n) is 4.99. The Bertz CT molecular complexity index is 450. The molecule has 2 fully saturated rings. The van der Waals surface area contributed by atoms with Crippen molar-refractivity contribution in [3.8, 4) is 0 Å². The molecule has 104 valence electrons. The smallest absolute Gasteiger partial charge is 0.158 e. The summed E-state index contributed by atoms with van der Waals surface area (Å²) >= 11 is 0. The maximum atomic E-state index is 12.1. The van der Waals surface area contributed by atoms with E-state index in [2.05, 4.69) is 26.5 Å². The summed E-state index contributed by atoms with van der Waals surface area (Å²) in [5, 5.41) is 0. The number of hydrogen-bond donors (Lipinski definition) is 0. The molecule has 2 unspecified atom stereocenters. The number of carbonyl (C=O) groups is 1. The van der Waals surface area contributed by atoms with E-state index in [1.54, 1.807) is 5.57 Å². The van der Waals surface area contributed by atoms with Gasteiger partial charge in [0.25, 0.3) is 0 Å². The molecule has 0 amide bonds. The molecular formula is C18H26O. The highest BCUT2D eigenvalue weighted by Crippen LogP contribution is 2.63. The summed E-state index contributed by atoms with van der Waals surface area (Å²) in [6.45, 7) is 10.3. The Hall–Kier alpha value is -0.850. The molecule has 1 heteroatoms. The van der Waals surface area contributed by atoms with Crippen molar-refractivity contribution in [1.82, 2.24) is 0 Å². The van der Waals surface area contributed by atoms with Gasteiger partial charge in [0.2, 0.25) is 0 Å². The Morgan fingerprint density at radius 1 is 1.37 bits per heavy atom. The van der Waals surface area contributed by atoms with E-state index in [0.29, 0.717) is 12.0 Å². The molecule has 0 aliphatic heterocycles. The normalized spacial score (nSPS) is 36.3. The first kappa shape index (κ1) is 13.1. The monoisotopic (exact) mass is 258 g/mol. The van der Waals surface area contributed by atoms with Gasteiger partial charge in [-0.1, -0.05) is 32.1 Å². The van der Waals surface area contributed by atoms with Crippen molar-refractivity contribution in [3.05, 3.63) is 23.8 Å². The van der Waals surface area contributed by atoms with Crippen LogP contribution in [0, 0.1) is 22.7 Å². The molecule has 19 heavy (non-hydrogen) atoms. The first-order valence-electron chi connectivity index (χ1n) is 7.71. The van der Waals surface area contributed by atoms with Crippen LogP contribution in [0.3, 0.4) is 0 Å². The summed E-state index contributed by atoms with van der Waals surface area (Å²) in [6.07, 6.45) is 9.96. The lowest BCUT2D eigenvalue weighted by atomic mass is 9.46. The van der Waals surface area contributed by atoms with E-state index in [0.717, 1.165) is 11.8 Å². The van der Waals surface area contributed by atoms with E-state index < -0.39 is 0 Å². The summed E-state index contributed by atoms with van der Waals surface area (Å²) in [4.78, 5) is 12.1. The first-order valence-corrected chi connectivity index (χ1v) is 7.71. The molecule has 0 heterocycles. The van der Waals surface area contributed by atoms with E-state index in [4.69, 9.17) is 0 Å². The van der Waals surface area contributed by atoms with Crippen LogP contribution >= 0.6 is 0 Å². The third-order valence-corrected chi connectivity index (χ3v) is 5.98. The molecule has 0 saturated heterocycles. The van der Waals surface area contributed by atoms with Crippen molar-refractivity contribution in [1.29, 1.82) is 0 Å². The van der Waals surface area contributed by atoms with Crippen molar-refractivity contribution in [3.63, 3.8) is 0 Å². The van der Waals surface area contributed by atoms with Crippen LogP contribution in [0.5, 0.6) is 0 Å². The lowest BCUT2D eigenvalue weighted by Gasteiger charge is -2.58. The molecule has 1 nitrogen and oxygen atoms in total. The Morgan fingerprint density at radius 3 is 2.42 bits per heavy atom. The molecule has 4 aliphatic rings. The zero-order valence-electron chi connectivity index (χ0n) is 12.6. The van der Waals surface area contributed by atoms with Gasteiger partial charge in [-0.05, 0) is 67.3 Å². The van der Waals surface area contributed by atoms with Gasteiger partial charge >= 0.3 is 0 Å². The second-order valence-electron chi connectivity index (χ2n) is 8.01. The van der Waals surface area contributed by atoms with Gasteiger partial charge in [0.1, 0.15) is 0 Å². The average Bonchev–Trinajstić information content (AvgIpc) is 2.25. The first-order chi connectivity index (χ1) is 8.81. The molecule has 4 aliphatic carbocycles. The Labute approximate surface area is 117 Å². The number of rotatable bonds is 4. The molecule has 4 rings (SSSR count). The lowest BCUT2D eigenvalue weighted by Crippen LogP contribution is -2.49. The standard InChI is InChI=1S/C18H26O/c1-12(2)16(19)11-17(3,4)18-8-13-5-14(9-18)7-15(6-13)10-18/h8,14-15H,1,5-7,9-11H2,2-4H3. The molecule has 4 bridgehead atoms. The van der Waals surface area contributed by atoms with Gasteiger partial charge in [0, 0.05) is 6.42 Å². The van der Waals surface area contributed by atoms with Gasteiger partial charge in [-0.3, -0.25) is 4.79 Å². The molecule has 0 N–H and O–H groups in total. The number of ketones is 1. The van der Waals surface area contributed by atoms with Crippen LogP contribution < -0.4 is 0 Å². The van der Waals surface area contributed by atoms with Crippen LogP contribution in [0.15, 0.2) is 23.8 Å². The highest BCUT2D eigenvalue weighted by Gasteiger charge is 2.53. The number of Topliss-reactive ketones (excluding diaryl/α,β-unsaturated/α-hetero) is 1. The van der Waals surface area contributed by atoms with Crippen LogP contribution in [-0.2, 0) is 4.79 Å². The van der Waals surface area contributed by atoms with E-state index in [-0.39, 0.29) is 16.6 Å². The summed E-state index contributed by atoms with van der Waals surface area (Å²) in [7, 11) is 0. The van der Waals surface area contributed by atoms with Gasteiger partial charge in [-0.2, -0.15) is 0 Å². The van der Waals surface area contributed by atoms with Crippen molar-refractivity contribution in [2.24, 2.45) is 22.7 Å². The third-order valence-electron chi connectivity index (χ3n) is 5.98. The summed E-state index contributed by atoms with van der Waals surface area (Å²) in [6, 6.07) is 0. The number of carbonyl (C=O) groups excluding carboxylic acids is 1. The molecule has 0 radical (unpaired) electrons. The fourth-order valence-corrected chi connectivity index (χ4v) is 4.99. The van der Waals surface area contributed by atoms with Crippen LogP contribution in [-0.4, -0.2) is 5.78 Å². The largest absolute Gasteiger partial charge is 0.295 e. The van der Waals surface area contributed by atoms with Gasteiger partial charge in [-0.15, -0.1) is 0 Å². The molecule has 0 aromatic rings. The van der Waals surface area contributed by atoms with Crippen molar-refractivity contribution >= 4 is 5.78 Å². The minimum atomic E-state index is 0.0754. The molecular weight excluding hydrogens is 232 g/mol. The SMILES string of the molecule is C=C(C)C(=O)CC(C)(C)C12C=C3CC(CC(C3)C1)C2. The summed E-state index contributed by atoms with van der Waals surface area (Å²) in [5.41, 5.74) is 2.77. The van der Waals surface area contributed by atoms with Gasteiger partial charge < -0.3 is 0 Å². The molecule has 2 atom stereocenters. The van der Waals surface area contributed by atoms with Crippen molar-refractivity contribution in [2.45, 2.75) is 59.3 Å². The van der Waals surface area contributed by atoms with Gasteiger partial charge in [0.05, 0.1) is 0 Å². The Balaban J connectivity index is 1.90. The highest BCUT2D eigenvalue weighted by atomic mass is 16.1. The Kier molecular flexibility index (Phi) is 2.82. The Morgan fingerprint density at radius 2 is 1.95 bits per heavy atom. The molecule has 0 aromatic carbocycles. The molecule has 0 spiro atoms. The minimum absolute atomic E-state index is 0.0754. The van der Waals surface area contributed by atoms with Crippen LogP contribution in [0.1, 0.15) is 59.3 Å². The van der Waals surface area contributed by atoms with Gasteiger partial charge in [0.15, 0.2) is 5.78 Å². The van der Waals surface area contributed by atoms with Crippen molar-refractivity contribution < 1.29 is 4.79 Å². The van der Waals surface area contributed by atoms with Crippen LogP contribution in [0.2, 0.25) is 0 Å².